The van der Waals surface area contributed by atoms with E-state index in [-0.39, 0.29) is 35.8 Å². The summed E-state index contributed by atoms with van der Waals surface area (Å²) in [6, 6.07) is 2.80. The fraction of sp³-hybridized carbons (Fsp3) is 0.409. The van der Waals surface area contributed by atoms with Crippen molar-refractivity contribution in [1.82, 2.24) is 24.9 Å². The molecule has 11 heteroatoms. The second-order valence-corrected chi connectivity index (χ2v) is 8.69. The van der Waals surface area contributed by atoms with Gasteiger partial charge in [-0.3, -0.25) is 0 Å². The summed E-state index contributed by atoms with van der Waals surface area (Å²) < 4.78 is 31.7. The van der Waals surface area contributed by atoms with Crippen LogP contribution in [-0.2, 0) is 16.1 Å². The van der Waals surface area contributed by atoms with Gasteiger partial charge in [-0.2, -0.15) is 5.10 Å². The molecule has 4 rings (SSSR count). The molecule has 0 atom stereocenters. The first kappa shape index (κ1) is 22.4. The third-order valence-corrected chi connectivity index (χ3v) is 4.84. The number of carbonyl (C=O) groups excluding carboxylic acids is 2. The summed E-state index contributed by atoms with van der Waals surface area (Å²) in [5.41, 5.74) is 0.260. The highest BCUT2D eigenvalue weighted by Gasteiger charge is 2.34. The van der Waals surface area contributed by atoms with Crippen molar-refractivity contribution in [2.75, 3.05) is 0 Å². The van der Waals surface area contributed by atoms with Gasteiger partial charge < -0.3 is 19.5 Å². The maximum absolute atomic E-state index is 13.8. The van der Waals surface area contributed by atoms with E-state index in [0.717, 1.165) is 6.20 Å². The lowest BCUT2D eigenvalue weighted by Crippen LogP contribution is -2.50. The first-order valence-corrected chi connectivity index (χ1v) is 10.4. The first-order chi connectivity index (χ1) is 15.7. The largest absolute Gasteiger partial charge is 0.474 e. The molecule has 0 aliphatic heterocycles. The third-order valence-electron chi connectivity index (χ3n) is 4.84. The molecule has 0 unspecified atom stereocenters. The number of hydrogen-bond donors (Lipinski definition) is 1. The van der Waals surface area contributed by atoms with Crippen molar-refractivity contribution in [3.63, 3.8) is 0 Å². The van der Waals surface area contributed by atoms with E-state index in [4.69, 9.17) is 14.2 Å². The molecule has 1 amide bonds. The van der Waals surface area contributed by atoms with Gasteiger partial charge in [0.2, 0.25) is 5.88 Å². The van der Waals surface area contributed by atoms with E-state index in [1.807, 2.05) is 0 Å². The van der Waals surface area contributed by atoms with Gasteiger partial charge in [0.05, 0.1) is 18.0 Å². The molecule has 0 radical (unpaired) electrons. The molecule has 33 heavy (non-hydrogen) atoms. The lowest BCUT2D eigenvalue weighted by atomic mass is 9.89. The Hall–Kier alpha value is -3.76. The van der Waals surface area contributed by atoms with Crippen LogP contribution in [-0.4, -0.2) is 49.4 Å². The minimum Gasteiger partial charge on any atom is -0.474 e. The van der Waals surface area contributed by atoms with Crippen molar-refractivity contribution in [3.8, 4) is 5.88 Å². The van der Waals surface area contributed by atoms with Gasteiger partial charge in [-0.1, -0.05) is 0 Å². The van der Waals surface area contributed by atoms with Crippen molar-refractivity contribution >= 4 is 17.7 Å². The van der Waals surface area contributed by atoms with Crippen molar-refractivity contribution in [2.24, 2.45) is 0 Å². The summed E-state index contributed by atoms with van der Waals surface area (Å²) in [6.07, 6.45) is 5.98. The summed E-state index contributed by atoms with van der Waals surface area (Å²) in [4.78, 5) is 32.5. The van der Waals surface area contributed by atoms with E-state index in [1.165, 1.54) is 16.8 Å². The van der Waals surface area contributed by atoms with E-state index < -0.39 is 23.5 Å². The van der Waals surface area contributed by atoms with Crippen LogP contribution in [0.25, 0.3) is 5.65 Å². The van der Waals surface area contributed by atoms with Crippen LogP contribution in [0.1, 0.15) is 49.5 Å². The molecular formula is C22H24FN5O5. The average Bonchev–Trinajstić information content (AvgIpc) is 3.14. The zero-order valence-electron chi connectivity index (χ0n) is 18.4. The molecule has 174 valence electrons. The molecule has 3 aromatic heterocycles. The number of alkyl carbamates (subject to hydrolysis) is 1. The van der Waals surface area contributed by atoms with Gasteiger partial charge in [-0.25, -0.2) is 28.5 Å². The highest BCUT2D eigenvalue weighted by Crippen LogP contribution is 2.28. The van der Waals surface area contributed by atoms with Crippen LogP contribution in [0.15, 0.2) is 36.9 Å². The van der Waals surface area contributed by atoms with Gasteiger partial charge in [0.15, 0.2) is 5.65 Å². The molecular weight excluding hydrogens is 433 g/mol. The quantitative estimate of drug-likeness (QED) is 0.562. The fourth-order valence-corrected chi connectivity index (χ4v) is 3.28. The number of nitrogens with zero attached hydrogens (tertiary/aromatic N) is 4. The molecule has 10 nitrogen and oxygen atoms in total. The number of pyridine rings is 1. The Labute approximate surface area is 189 Å². The summed E-state index contributed by atoms with van der Waals surface area (Å²) in [7, 11) is 0. The van der Waals surface area contributed by atoms with Crippen LogP contribution >= 0.6 is 0 Å². The van der Waals surface area contributed by atoms with Gasteiger partial charge in [-0.05, 0) is 32.9 Å². The Balaban J connectivity index is 1.34. The number of fused-ring (bicyclic) bond motifs is 1. The van der Waals surface area contributed by atoms with E-state index in [1.54, 1.807) is 39.2 Å². The van der Waals surface area contributed by atoms with Crippen molar-refractivity contribution in [1.29, 1.82) is 0 Å². The smallest absolute Gasteiger partial charge is 0.407 e. The molecule has 1 N–H and O–H groups in total. The van der Waals surface area contributed by atoms with Crippen molar-refractivity contribution in [2.45, 2.75) is 58.0 Å². The molecule has 1 aliphatic rings. The first-order valence-electron chi connectivity index (χ1n) is 10.4. The van der Waals surface area contributed by atoms with Crippen molar-refractivity contribution < 1.29 is 28.2 Å². The normalized spacial score (nSPS) is 17.8. The summed E-state index contributed by atoms with van der Waals surface area (Å²) in [5.74, 6) is -1.06. The Kier molecular flexibility index (Phi) is 6.12. The second-order valence-electron chi connectivity index (χ2n) is 8.69. The number of amides is 1. The Bertz CT molecular complexity index is 1170. The number of nitrogens with one attached hydrogen (secondary N) is 1. The number of carbonyl (C=O) groups is 2. The Morgan fingerprint density at radius 3 is 2.79 bits per heavy atom. The zero-order chi connectivity index (χ0) is 23.6. The van der Waals surface area contributed by atoms with Crippen LogP contribution in [0.2, 0.25) is 0 Å². The molecule has 1 saturated carbocycles. The monoisotopic (exact) mass is 457 g/mol. The molecule has 1 aliphatic carbocycles. The third kappa shape index (κ3) is 5.54. The fourth-order valence-electron chi connectivity index (χ4n) is 3.28. The minimum atomic E-state index is -0.649. The van der Waals surface area contributed by atoms with Crippen LogP contribution < -0.4 is 10.1 Å². The predicted molar refractivity (Wildman–Crippen MR) is 113 cm³/mol. The molecule has 0 spiro atoms. The number of esters is 1. The number of aromatic nitrogens is 4. The summed E-state index contributed by atoms with van der Waals surface area (Å²) in [5, 5.41) is 6.83. The number of rotatable bonds is 6. The Morgan fingerprint density at radius 2 is 2.03 bits per heavy atom. The lowest BCUT2D eigenvalue weighted by Gasteiger charge is -2.36. The number of ether oxygens (including phenoxy) is 3. The van der Waals surface area contributed by atoms with E-state index in [9.17, 15) is 14.0 Å². The van der Waals surface area contributed by atoms with E-state index >= 15 is 0 Å². The molecule has 3 heterocycles. The van der Waals surface area contributed by atoms with Gasteiger partial charge in [0, 0.05) is 31.3 Å². The standard InChI is InChI=1S/C22H24FN5O5/c1-22(2,3)33-21(30)27-15-8-16(9-15)32-19-13(7-14(23)10-25-19)12-31-20(29)17-11-26-28-6-4-5-24-18(17)28/h4-7,10-11,15-16H,8-9,12H2,1-3H3,(H,27,30). The molecule has 0 saturated heterocycles. The molecule has 0 aromatic carbocycles. The predicted octanol–water partition coefficient (Wildman–Crippen LogP) is 3.05. The van der Waals surface area contributed by atoms with Crippen LogP contribution in [0.4, 0.5) is 9.18 Å². The van der Waals surface area contributed by atoms with Gasteiger partial charge in [-0.15, -0.1) is 0 Å². The summed E-state index contributed by atoms with van der Waals surface area (Å²) >= 11 is 0. The highest BCUT2D eigenvalue weighted by atomic mass is 19.1. The molecule has 3 aromatic rings. The zero-order valence-corrected chi connectivity index (χ0v) is 18.4. The Morgan fingerprint density at radius 1 is 1.24 bits per heavy atom. The lowest BCUT2D eigenvalue weighted by molar-refractivity contribution is 0.0344. The molecule has 1 fully saturated rings. The SMILES string of the molecule is CC(C)(C)OC(=O)NC1CC(Oc2ncc(F)cc2COC(=O)c2cnn3cccnc23)C1. The van der Waals surface area contributed by atoms with Gasteiger partial charge >= 0.3 is 12.1 Å². The van der Waals surface area contributed by atoms with E-state index in [0.29, 0.717) is 18.5 Å². The average molecular weight is 457 g/mol. The summed E-state index contributed by atoms with van der Waals surface area (Å²) in [6.45, 7) is 5.13. The van der Waals surface area contributed by atoms with E-state index in [2.05, 4.69) is 20.4 Å². The number of halogens is 1. The maximum atomic E-state index is 13.8. The van der Waals surface area contributed by atoms with Gasteiger partial charge in [0.1, 0.15) is 29.7 Å². The topological polar surface area (TPSA) is 117 Å². The minimum absolute atomic E-state index is 0.0882. The second kappa shape index (κ2) is 9.00. The van der Waals surface area contributed by atoms with Gasteiger partial charge in [0.25, 0.3) is 0 Å². The van der Waals surface area contributed by atoms with Crippen LogP contribution in [0, 0.1) is 5.82 Å². The van der Waals surface area contributed by atoms with Crippen LogP contribution in [0.3, 0.4) is 0 Å². The molecule has 0 bridgehead atoms. The maximum Gasteiger partial charge on any atom is 0.407 e. The van der Waals surface area contributed by atoms with Crippen LogP contribution in [0.5, 0.6) is 5.88 Å². The van der Waals surface area contributed by atoms with Crippen molar-refractivity contribution in [3.05, 3.63) is 53.9 Å². The highest BCUT2D eigenvalue weighted by molar-refractivity contribution is 5.95. The number of hydrogen-bond acceptors (Lipinski definition) is 8.